The first-order valence-electron chi connectivity index (χ1n) is 5.24. The van der Waals surface area contributed by atoms with Crippen LogP contribution in [0.5, 0.6) is 0 Å². The summed E-state index contributed by atoms with van der Waals surface area (Å²) >= 11 is 4.76. The molecule has 0 bridgehead atoms. The smallest absolute Gasteiger partial charge is 0.325 e. The first-order chi connectivity index (χ1) is 8.54. The molecular formula is C11H13N3O3S. The molecule has 1 heterocycles. The average molecular weight is 267 g/mol. The molecule has 6 nitrogen and oxygen atoms in total. The van der Waals surface area contributed by atoms with Crippen LogP contribution >= 0.6 is 12.2 Å². The van der Waals surface area contributed by atoms with E-state index in [1.807, 2.05) is 0 Å². The molecule has 0 aliphatic rings. The van der Waals surface area contributed by atoms with Crippen molar-refractivity contribution in [1.82, 2.24) is 10.3 Å². The average Bonchev–Trinajstić information content (AvgIpc) is 2.36. The van der Waals surface area contributed by atoms with E-state index in [4.69, 9.17) is 18.0 Å². The Bertz CT molecular complexity index is 459. The van der Waals surface area contributed by atoms with Gasteiger partial charge in [-0.3, -0.25) is 14.6 Å². The van der Waals surface area contributed by atoms with Gasteiger partial charge in [0.25, 0.3) is 5.91 Å². The van der Waals surface area contributed by atoms with Crippen molar-refractivity contribution in [1.29, 1.82) is 0 Å². The lowest BCUT2D eigenvalue weighted by Gasteiger charge is -2.04. The van der Waals surface area contributed by atoms with Crippen LogP contribution in [0.15, 0.2) is 18.3 Å². The van der Waals surface area contributed by atoms with Crippen LogP contribution < -0.4 is 11.1 Å². The summed E-state index contributed by atoms with van der Waals surface area (Å²) in [6.07, 6.45) is 1.40. The molecule has 1 rings (SSSR count). The van der Waals surface area contributed by atoms with Crippen LogP contribution in [0.3, 0.4) is 0 Å². The van der Waals surface area contributed by atoms with Gasteiger partial charge in [-0.1, -0.05) is 12.2 Å². The Balaban J connectivity index is 2.56. The second-order valence-corrected chi connectivity index (χ2v) is 3.72. The molecule has 7 heteroatoms. The highest BCUT2D eigenvalue weighted by Gasteiger charge is 2.09. The standard InChI is InChI=1S/C11H13N3O3S/c1-2-17-9(15)6-14-11(16)8-4-3-7(5-13-8)10(12)18/h3-5H,2,6H2,1H3,(H2,12,18)(H,14,16). The summed E-state index contributed by atoms with van der Waals surface area (Å²) in [5.74, 6) is -0.955. The molecule has 0 spiro atoms. The zero-order valence-electron chi connectivity index (χ0n) is 9.80. The van der Waals surface area contributed by atoms with Gasteiger partial charge in [-0.15, -0.1) is 0 Å². The molecule has 0 aliphatic carbocycles. The van der Waals surface area contributed by atoms with Gasteiger partial charge in [0.05, 0.1) is 6.61 Å². The molecular weight excluding hydrogens is 254 g/mol. The van der Waals surface area contributed by atoms with Crippen molar-refractivity contribution in [2.24, 2.45) is 5.73 Å². The van der Waals surface area contributed by atoms with Crippen molar-refractivity contribution >= 4 is 29.1 Å². The number of thiocarbonyl (C=S) groups is 1. The summed E-state index contributed by atoms with van der Waals surface area (Å²) in [6.45, 7) is 1.77. The van der Waals surface area contributed by atoms with Crippen molar-refractivity contribution in [2.75, 3.05) is 13.2 Å². The number of amides is 1. The molecule has 1 amide bonds. The van der Waals surface area contributed by atoms with Gasteiger partial charge >= 0.3 is 5.97 Å². The predicted octanol–water partition coefficient (Wildman–Crippen LogP) is 0.00870. The van der Waals surface area contributed by atoms with Crippen LogP contribution in [0.2, 0.25) is 0 Å². The Hall–Kier alpha value is -2.02. The zero-order chi connectivity index (χ0) is 13.5. The van der Waals surface area contributed by atoms with Gasteiger partial charge in [0, 0.05) is 11.8 Å². The van der Waals surface area contributed by atoms with Crippen molar-refractivity contribution in [2.45, 2.75) is 6.92 Å². The number of aromatic nitrogens is 1. The highest BCUT2D eigenvalue weighted by Crippen LogP contribution is 2.00. The molecule has 96 valence electrons. The summed E-state index contributed by atoms with van der Waals surface area (Å²) in [5.41, 5.74) is 6.16. The molecule has 3 N–H and O–H groups in total. The third-order valence-electron chi connectivity index (χ3n) is 1.98. The van der Waals surface area contributed by atoms with E-state index in [0.29, 0.717) is 5.56 Å². The third kappa shape index (κ3) is 4.10. The monoisotopic (exact) mass is 267 g/mol. The fourth-order valence-corrected chi connectivity index (χ4v) is 1.25. The predicted molar refractivity (Wildman–Crippen MR) is 69.1 cm³/mol. The normalized spacial score (nSPS) is 9.61. The fraction of sp³-hybridized carbons (Fsp3) is 0.273. The molecule has 18 heavy (non-hydrogen) atoms. The number of ether oxygens (including phenoxy) is 1. The van der Waals surface area contributed by atoms with Gasteiger partial charge in [0.1, 0.15) is 17.2 Å². The second-order valence-electron chi connectivity index (χ2n) is 3.28. The zero-order valence-corrected chi connectivity index (χ0v) is 10.6. The van der Waals surface area contributed by atoms with E-state index in [9.17, 15) is 9.59 Å². The number of carbonyl (C=O) groups is 2. The maximum absolute atomic E-state index is 11.6. The summed E-state index contributed by atoms with van der Waals surface area (Å²) in [5, 5.41) is 2.39. The molecule has 1 aromatic heterocycles. The number of rotatable bonds is 5. The lowest BCUT2D eigenvalue weighted by molar-refractivity contribution is -0.141. The van der Waals surface area contributed by atoms with Crippen molar-refractivity contribution < 1.29 is 14.3 Å². The van der Waals surface area contributed by atoms with Gasteiger partial charge < -0.3 is 15.8 Å². The molecule has 0 saturated carbocycles. The number of esters is 1. The van der Waals surface area contributed by atoms with Crippen molar-refractivity contribution in [3.05, 3.63) is 29.6 Å². The molecule has 0 atom stereocenters. The topological polar surface area (TPSA) is 94.3 Å². The molecule has 0 unspecified atom stereocenters. The minimum Gasteiger partial charge on any atom is -0.465 e. The first kappa shape index (κ1) is 14.0. The minimum atomic E-state index is -0.495. The van der Waals surface area contributed by atoms with E-state index in [1.165, 1.54) is 12.3 Å². The summed E-state index contributed by atoms with van der Waals surface area (Å²) in [6, 6.07) is 3.07. The Labute approximate surface area is 110 Å². The lowest BCUT2D eigenvalue weighted by atomic mass is 10.2. The van der Waals surface area contributed by atoms with Gasteiger partial charge in [-0.2, -0.15) is 0 Å². The first-order valence-corrected chi connectivity index (χ1v) is 5.65. The third-order valence-corrected chi connectivity index (χ3v) is 2.21. The van der Waals surface area contributed by atoms with E-state index in [1.54, 1.807) is 13.0 Å². The Morgan fingerprint density at radius 1 is 1.50 bits per heavy atom. The van der Waals surface area contributed by atoms with E-state index >= 15 is 0 Å². The number of pyridine rings is 1. The van der Waals surface area contributed by atoms with Crippen LogP contribution in [-0.2, 0) is 9.53 Å². The maximum Gasteiger partial charge on any atom is 0.325 e. The van der Waals surface area contributed by atoms with E-state index in [-0.39, 0.29) is 23.8 Å². The molecule has 0 radical (unpaired) electrons. The van der Waals surface area contributed by atoms with Gasteiger partial charge in [-0.05, 0) is 19.1 Å². The lowest BCUT2D eigenvalue weighted by Crippen LogP contribution is -2.31. The van der Waals surface area contributed by atoms with Crippen LogP contribution in [0.25, 0.3) is 0 Å². The van der Waals surface area contributed by atoms with Crippen molar-refractivity contribution in [3.63, 3.8) is 0 Å². The quantitative estimate of drug-likeness (QED) is 0.576. The molecule has 0 fully saturated rings. The Kier molecular flexibility index (Phi) is 5.19. The van der Waals surface area contributed by atoms with Crippen LogP contribution in [0, 0.1) is 0 Å². The number of nitrogens with zero attached hydrogens (tertiary/aromatic N) is 1. The summed E-state index contributed by atoms with van der Waals surface area (Å²) < 4.78 is 4.67. The van der Waals surface area contributed by atoms with Crippen LogP contribution in [-0.4, -0.2) is 35.0 Å². The number of nitrogens with two attached hydrogens (primary N) is 1. The maximum atomic E-state index is 11.6. The number of carbonyl (C=O) groups excluding carboxylic acids is 2. The second kappa shape index (κ2) is 6.65. The van der Waals surface area contributed by atoms with E-state index in [2.05, 4.69) is 15.0 Å². The number of hydrogen-bond acceptors (Lipinski definition) is 5. The molecule has 0 aromatic carbocycles. The SMILES string of the molecule is CCOC(=O)CNC(=O)c1ccc(C(N)=S)cn1. The molecule has 0 aliphatic heterocycles. The molecule has 0 saturated heterocycles. The van der Waals surface area contributed by atoms with Crippen LogP contribution in [0.1, 0.15) is 23.0 Å². The highest BCUT2D eigenvalue weighted by atomic mass is 32.1. The summed E-state index contributed by atoms with van der Waals surface area (Å²) in [4.78, 5) is 26.7. The van der Waals surface area contributed by atoms with Gasteiger partial charge in [0.15, 0.2) is 0 Å². The Morgan fingerprint density at radius 3 is 2.72 bits per heavy atom. The largest absolute Gasteiger partial charge is 0.465 e. The number of nitrogens with one attached hydrogen (secondary N) is 1. The van der Waals surface area contributed by atoms with Gasteiger partial charge in [-0.25, -0.2) is 0 Å². The van der Waals surface area contributed by atoms with Gasteiger partial charge in [0.2, 0.25) is 0 Å². The van der Waals surface area contributed by atoms with Crippen molar-refractivity contribution in [3.8, 4) is 0 Å². The Morgan fingerprint density at radius 2 is 2.22 bits per heavy atom. The molecule has 1 aromatic rings. The fourth-order valence-electron chi connectivity index (χ4n) is 1.13. The number of hydrogen-bond donors (Lipinski definition) is 2. The highest BCUT2D eigenvalue weighted by molar-refractivity contribution is 7.80. The van der Waals surface area contributed by atoms with E-state index in [0.717, 1.165) is 0 Å². The summed E-state index contributed by atoms with van der Waals surface area (Å²) in [7, 11) is 0. The van der Waals surface area contributed by atoms with E-state index < -0.39 is 11.9 Å². The van der Waals surface area contributed by atoms with Crippen LogP contribution in [0.4, 0.5) is 0 Å². The minimum absolute atomic E-state index is 0.180.